The van der Waals surface area contributed by atoms with E-state index in [1.54, 1.807) is 18.3 Å². The van der Waals surface area contributed by atoms with E-state index in [-0.39, 0.29) is 5.95 Å². The number of hydrogen-bond donors (Lipinski definition) is 2. The molecule has 0 amide bonds. The summed E-state index contributed by atoms with van der Waals surface area (Å²) in [6.07, 6.45) is 1.92. The third-order valence-electron chi connectivity index (χ3n) is 2.26. The molecule has 0 bridgehead atoms. The average molecular weight is 320 g/mol. The number of aromatic nitrogens is 2. The third kappa shape index (κ3) is 3.40. The lowest BCUT2D eigenvalue weighted by molar-refractivity contribution is 0.459. The summed E-state index contributed by atoms with van der Waals surface area (Å²) >= 11 is 3.29. The molecule has 1 aromatic heterocycles. The number of nitriles is 1. The molecule has 19 heavy (non-hydrogen) atoms. The number of nitrogens with two attached hydrogens (primary N) is 1. The number of benzene rings is 1. The second-order valence-electron chi connectivity index (χ2n) is 3.57. The number of hydrazine groups is 1. The molecule has 0 radical (unpaired) electrons. The summed E-state index contributed by atoms with van der Waals surface area (Å²) in [5.74, 6) is 6.47. The van der Waals surface area contributed by atoms with E-state index in [4.69, 9.17) is 15.8 Å². The van der Waals surface area contributed by atoms with Crippen LogP contribution in [0.3, 0.4) is 0 Å². The summed E-state index contributed by atoms with van der Waals surface area (Å²) in [6.45, 7) is 0. The number of anilines is 1. The summed E-state index contributed by atoms with van der Waals surface area (Å²) in [6, 6.07) is 9.29. The number of nitrogens with one attached hydrogen (secondary N) is 1. The van der Waals surface area contributed by atoms with Crippen LogP contribution in [0, 0.1) is 11.3 Å². The van der Waals surface area contributed by atoms with Gasteiger partial charge in [-0.25, -0.2) is 10.8 Å². The van der Waals surface area contributed by atoms with Crippen LogP contribution in [0.5, 0.6) is 11.6 Å². The Bertz CT molecular complexity index is 609. The van der Waals surface area contributed by atoms with Gasteiger partial charge >= 0.3 is 0 Å². The predicted octanol–water partition coefficient (Wildman–Crippen LogP) is 2.38. The van der Waals surface area contributed by atoms with Gasteiger partial charge in [0.25, 0.3) is 0 Å². The van der Waals surface area contributed by atoms with Crippen LogP contribution in [0.25, 0.3) is 0 Å². The van der Waals surface area contributed by atoms with Crippen molar-refractivity contribution in [1.29, 1.82) is 5.26 Å². The van der Waals surface area contributed by atoms with Gasteiger partial charge in [0.2, 0.25) is 11.8 Å². The second kappa shape index (κ2) is 6.13. The van der Waals surface area contributed by atoms with E-state index >= 15 is 0 Å². The maximum Gasteiger partial charge on any atom is 0.240 e. The number of rotatable bonds is 4. The van der Waals surface area contributed by atoms with Gasteiger partial charge in [0.1, 0.15) is 5.75 Å². The van der Waals surface area contributed by atoms with E-state index in [0.717, 1.165) is 5.56 Å². The number of ether oxygens (including phenoxy) is 1. The zero-order chi connectivity index (χ0) is 13.7. The van der Waals surface area contributed by atoms with Crippen LogP contribution < -0.4 is 16.0 Å². The first kappa shape index (κ1) is 13.3. The standard InChI is InChI=1S/C12H10BrN5O/c13-10-7-16-12(18-15)17-11(10)19-9-3-1-8(2-4-9)5-6-14/h1-4,7H,5,15H2,(H,16,17,18). The van der Waals surface area contributed by atoms with E-state index in [1.165, 1.54) is 0 Å². The monoisotopic (exact) mass is 319 g/mol. The topological polar surface area (TPSA) is 96.8 Å². The van der Waals surface area contributed by atoms with Crippen LogP contribution >= 0.6 is 15.9 Å². The molecule has 2 rings (SSSR count). The van der Waals surface area contributed by atoms with Gasteiger partial charge in [-0.15, -0.1) is 0 Å². The van der Waals surface area contributed by atoms with Crippen molar-refractivity contribution in [2.45, 2.75) is 6.42 Å². The maximum absolute atomic E-state index is 8.60. The molecule has 0 saturated heterocycles. The van der Waals surface area contributed by atoms with Crippen molar-refractivity contribution >= 4 is 21.9 Å². The number of nitrogen functional groups attached to an aromatic ring is 1. The van der Waals surface area contributed by atoms with Crippen molar-refractivity contribution in [1.82, 2.24) is 9.97 Å². The van der Waals surface area contributed by atoms with Crippen molar-refractivity contribution in [2.75, 3.05) is 5.43 Å². The van der Waals surface area contributed by atoms with Gasteiger partial charge in [-0.05, 0) is 33.6 Å². The quantitative estimate of drug-likeness (QED) is 0.663. The molecule has 96 valence electrons. The van der Waals surface area contributed by atoms with Crippen LogP contribution in [-0.4, -0.2) is 9.97 Å². The molecule has 3 N–H and O–H groups in total. The number of halogens is 1. The number of hydrogen-bond acceptors (Lipinski definition) is 6. The summed E-state index contributed by atoms with van der Waals surface area (Å²) in [7, 11) is 0. The van der Waals surface area contributed by atoms with Gasteiger partial charge in [0.05, 0.1) is 23.2 Å². The minimum absolute atomic E-state index is 0.263. The Hall–Kier alpha value is -2.17. The van der Waals surface area contributed by atoms with E-state index in [9.17, 15) is 0 Å². The largest absolute Gasteiger partial charge is 0.438 e. The minimum Gasteiger partial charge on any atom is -0.438 e. The fourth-order valence-corrected chi connectivity index (χ4v) is 1.64. The highest BCUT2D eigenvalue weighted by Crippen LogP contribution is 2.27. The van der Waals surface area contributed by atoms with Crippen molar-refractivity contribution < 1.29 is 4.74 Å². The first-order valence-corrected chi connectivity index (χ1v) is 6.15. The fourth-order valence-electron chi connectivity index (χ4n) is 1.37. The van der Waals surface area contributed by atoms with Gasteiger partial charge in [0, 0.05) is 0 Å². The Balaban J connectivity index is 2.19. The Morgan fingerprint density at radius 3 is 2.74 bits per heavy atom. The molecule has 0 aliphatic rings. The van der Waals surface area contributed by atoms with Gasteiger partial charge in [0.15, 0.2) is 0 Å². The average Bonchev–Trinajstić information content (AvgIpc) is 2.44. The predicted molar refractivity (Wildman–Crippen MR) is 73.4 cm³/mol. The molecular formula is C12H10BrN5O. The lowest BCUT2D eigenvalue weighted by atomic mass is 10.2. The van der Waals surface area contributed by atoms with E-state index in [1.807, 2.05) is 12.1 Å². The summed E-state index contributed by atoms with van der Waals surface area (Å²) in [5, 5.41) is 8.60. The van der Waals surface area contributed by atoms with Crippen molar-refractivity contribution in [3.8, 4) is 17.7 Å². The molecule has 1 aromatic carbocycles. The molecule has 0 spiro atoms. The van der Waals surface area contributed by atoms with Crippen LogP contribution in [-0.2, 0) is 6.42 Å². The first-order valence-electron chi connectivity index (χ1n) is 5.36. The lowest BCUT2D eigenvalue weighted by Gasteiger charge is -2.08. The Kier molecular flexibility index (Phi) is 4.28. The molecule has 7 heteroatoms. The molecule has 0 atom stereocenters. The zero-order valence-corrected chi connectivity index (χ0v) is 11.4. The molecular weight excluding hydrogens is 310 g/mol. The summed E-state index contributed by atoms with van der Waals surface area (Å²) in [5.41, 5.74) is 3.28. The van der Waals surface area contributed by atoms with Crippen molar-refractivity contribution in [3.05, 3.63) is 40.5 Å². The van der Waals surface area contributed by atoms with E-state index < -0.39 is 0 Å². The molecule has 0 aliphatic heterocycles. The highest BCUT2D eigenvalue weighted by molar-refractivity contribution is 9.10. The summed E-state index contributed by atoms with van der Waals surface area (Å²) in [4.78, 5) is 8.00. The minimum atomic E-state index is 0.263. The van der Waals surface area contributed by atoms with Crippen LogP contribution in [0.1, 0.15) is 5.56 Å². The fraction of sp³-hybridized carbons (Fsp3) is 0.0833. The van der Waals surface area contributed by atoms with Crippen molar-refractivity contribution in [3.63, 3.8) is 0 Å². The Labute approximate surface area is 118 Å². The molecule has 0 fully saturated rings. The van der Waals surface area contributed by atoms with Gasteiger partial charge in [-0.2, -0.15) is 10.2 Å². The smallest absolute Gasteiger partial charge is 0.240 e. The maximum atomic E-state index is 8.60. The molecule has 2 aromatic rings. The normalized spacial score (nSPS) is 9.74. The third-order valence-corrected chi connectivity index (χ3v) is 2.81. The molecule has 0 saturated carbocycles. The van der Waals surface area contributed by atoms with Crippen molar-refractivity contribution in [2.24, 2.45) is 5.84 Å². The molecule has 6 nitrogen and oxygen atoms in total. The molecule has 0 aliphatic carbocycles. The molecule has 1 heterocycles. The molecule has 0 unspecified atom stereocenters. The van der Waals surface area contributed by atoms with Gasteiger partial charge < -0.3 is 4.74 Å². The van der Waals surface area contributed by atoms with Gasteiger partial charge in [-0.3, -0.25) is 5.43 Å². The van der Waals surface area contributed by atoms with E-state index in [2.05, 4.69) is 37.4 Å². The van der Waals surface area contributed by atoms with Crippen LogP contribution in [0.2, 0.25) is 0 Å². The van der Waals surface area contributed by atoms with Gasteiger partial charge in [-0.1, -0.05) is 12.1 Å². The zero-order valence-electron chi connectivity index (χ0n) is 9.80. The number of nitrogens with zero attached hydrogens (tertiary/aromatic N) is 3. The highest BCUT2D eigenvalue weighted by atomic mass is 79.9. The first-order chi connectivity index (χ1) is 9.22. The lowest BCUT2D eigenvalue weighted by Crippen LogP contribution is -2.10. The second-order valence-corrected chi connectivity index (χ2v) is 4.43. The SMILES string of the molecule is N#CCc1ccc(Oc2nc(NN)ncc2Br)cc1. The Morgan fingerprint density at radius 2 is 2.11 bits per heavy atom. The summed E-state index contributed by atoms with van der Waals surface area (Å²) < 4.78 is 6.23. The van der Waals surface area contributed by atoms with Crippen LogP contribution in [0.15, 0.2) is 34.9 Å². The van der Waals surface area contributed by atoms with E-state index in [0.29, 0.717) is 22.5 Å². The van der Waals surface area contributed by atoms with Crippen LogP contribution in [0.4, 0.5) is 5.95 Å². The highest BCUT2D eigenvalue weighted by Gasteiger charge is 2.07. The Morgan fingerprint density at radius 1 is 1.37 bits per heavy atom.